The Kier molecular flexibility index (Phi) is 8.05. The van der Waals surface area contributed by atoms with E-state index in [1.807, 2.05) is 0 Å². The number of aliphatic hydroxyl groups excluding tert-OH is 3. The number of aliphatic hydroxyl groups is 3. The summed E-state index contributed by atoms with van der Waals surface area (Å²) in [6, 6.07) is 2.13. The molecule has 1 atom stereocenters. The lowest BCUT2D eigenvalue weighted by atomic mass is 10.3. The summed E-state index contributed by atoms with van der Waals surface area (Å²) in [5.41, 5.74) is 0. The van der Waals surface area contributed by atoms with Crippen molar-refractivity contribution in [1.29, 1.82) is 0 Å². The first-order valence-corrected chi connectivity index (χ1v) is 7.16. The third-order valence-corrected chi connectivity index (χ3v) is 3.14. The lowest BCUT2D eigenvalue weighted by Gasteiger charge is -2.23. The second-order valence-corrected chi connectivity index (χ2v) is 5.33. The molecule has 0 aliphatic rings. The average molecular weight is 370 g/mol. The minimum Gasteiger partial charge on any atom is -0.485 e. The van der Waals surface area contributed by atoms with Gasteiger partial charge >= 0.3 is 0 Å². The van der Waals surface area contributed by atoms with Crippen LogP contribution < -0.4 is 4.74 Å². The minimum absolute atomic E-state index is 0.112. The first-order chi connectivity index (χ1) is 9.97. The van der Waals surface area contributed by atoms with Gasteiger partial charge in [0.25, 0.3) is 0 Å². The molecule has 0 aliphatic heterocycles. The number of hydrogen-bond donors (Lipinski definition) is 3. The van der Waals surface area contributed by atoms with E-state index in [2.05, 4.69) is 15.9 Å². The predicted octanol–water partition coefficient (Wildman–Crippen LogP) is 0.754. The molecule has 1 rings (SSSR count). The van der Waals surface area contributed by atoms with E-state index in [-0.39, 0.29) is 43.9 Å². The molecule has 0 heterocycles. The summed E-state index contributed by atoms with van der Waals surface area (Å²) in [6.07, 6.45) is -1.01. The Morgan fingerprint density at radius 1 is 1.14 bits per heavy atom. The van der Waals surface area contributed by atoms with Crippen molar-refractivity contribution in [2.45, 2.75) is 6.10 Å². The zero-order chi connectivity index (χ0) is 15.8. The number of nitrogens with zero attached hydrogens (tertiary/aromatic N) is 1. The van der Waals surface area contributed by atoms with Gasteiger partial charge < -0.3 is 20.1 Å². The van der Waals surface area contributed by atoms with E-state index in [9.17, 15) is 13.9 Å². The van der Waals surface area contributed by atoms with Crippen molar-refractivity contribution >= 4 is 15.9 Å². The van der Waals surface area contributed by atoms with E-state index < -0.39 is 23.5 Å². The van der Waals surface area contributed by atoms with Gasteiger partial charge in [-0.25, -0.2) is 8.78 Å². The van der Waals surface area contributed by atoms with Crippen LogP contribution in [0, 0.1) is 11.6 Å². The molecule has 0 saturated heterocycles. The summed E-state index contributed by atoms with van der Waals surface area (Å²) in [4.78, 5) is 1.61. The van der Waals surface area contributed by atoms with Crippen LogP contribution >= 0.6 is 15.9 Å². The molecule has 0 unspecified atom stereocenters. The van der Waals surface area contributed by atoms with Crippen molar-refractivity contribution in [3.05, 3.63) is 28.2 Å². The van der Waals surface area contributed by atoms with Crippen molar-refractivity contribution < 1.29 is 28.8 Å². The highest BCUT2D eigenvalue weighted by Crippen LogP contribution is 2.25. The molecule has 21 heavy (non-hydrogen) atoms. The normalized spacial score (nSPS) is 12.7. The van der Waals surface area contributed by atoms with Gasteiger partial charge in [0.05, 0.1) is 13.2 Å². The van der Waals surface area contributed by atoms with Gasteiger partial charge in [-0.1, -0.05) is 15.9 Å². The molecule has 0 fully saturated rings. The van der Waals surface area contributed by atoms with E-state index in [0.29, 0.717) is 0 Å². The van der Waals surface area contributed by atoms with Crippen LogP contribution in [0.25, 0.3) is 0 Å². The van der Waals surface area contributed by atoms with Crippen molar-refractivity contribution in [1.82, 2.24) is 4.90 Å². The zero-order valence-corrected chi connectivity index (χ0v) is 12.9. The molecular weight excluding hydrogens is 352 g/mol. The van der Waals surface area contributed by atoms with Crippen LogP contribution in [0.1, 0.15) is 0 Å². The summed E-state index contributed by atoms with van der Waals surface area (Å²) >= 11 is 2.96. The first-order valence-electron chi connectivity index (χ1n) is 6.37. The Hall–Kier alpha value is -0.800. The number of hydrogen-bond acceptors (Lipinski definition) is 5. The maximum absolute atomic E-state index is 13.5. The molecule has 8 heteroatoms. The molecular formula is C13H18BrF2NO4. The van der Waals surface area contributed by atoms with E-state index >= 15 is 0 Å². The van der Waals surface area contributed by atoms with Gasteiger partial charge in [-0.2, -0.15) is 0 Å². The molecule has 0 radical (unpaired) electrons. The Morgan fingerprint density at radius 3 is 2.14 bits per heavy atom. The second kappa shape index (κ2) is 9.26. The highest BCUT2D eigenvalue weighted by molar-refractivity contribution is 9.10. The average Bonchev–Trinajstić information content (AvgIpc) is 2.37. The van der Waals surface area contributed by atoms with E-state index in [0.717, 1.165) is 12.1 Å². The van der Waals surface area contributed by atoms with Gasteiger partial charge in [-0.3, -0.25) is 4.90 Å². The summed E-state index contributed by atoms with van der Waals surface area (Å²) in [6.45, 7) is 0.119. The third-order valence-electron chi connectivity index (χ3n) is 2.68. The highest BCUT2D eigenvalue weighted by Gasteiger charge is 2.16. The minimum atomic E-state index is -1.01. The third kappa shape index (κ3) is 6.23. The van der Waals surface area contributed by atoms with Crippen LogP contribution in [0.3, 0.4) is 0 Å². The van der Waals surface area contributed by atoms with Crippen LogP contribution in [-0.2, 0) is 0 Å². The topological polar surface area (TPSA) is 73.2 Å². The van der Waals surface area contributed by atoms with E-state index in [4.69, 9.17) is 14.9 Å². The van der Waals surface area contributed by atoms with E-state index in [1.165, 1.54) is 0 Å². The maximum Gasteiger partial charge on any atom is 0.190 e. The van der Waals surface area contributed by atoms with Gasteiger partial charge in [0, 0.05) is 24.1 Å². The molecule has 0 aromatic heterocycles. The van der Waals surface area contributed by atoms with Crippen molar-refractivity contribution in [2.75, 3.05) is 39.5 Å². The lowest BCUT2D eigenvalue weighted by molar-refractivity contribution is 0.0530. The Labute approximate surface area is 129 Å². The van der Waals surface area contributed by atoms with Gasteiger partial charge in [0.15, 0.2) is 17.4 Å². The van der Waals surface area contributed by atoms with Gasteiger partial charge in [0.2, 0.25) is 0 Å². The fourth-order valence-corrected chi connectivity index (χ4v) is 2.18. The number of benzene rings is 1. The zero-order valence-electron chi connectivity index (χ0n) is 11.3. The standard InChI is InChI=1S/C13H18BrF2NO4/c14-9-5-11(15)13(12(16)6-9)21-8-10(20)7-17(1-3-18)2-4-19/h5-6,10,18-20H,1-4,7-8H2/t10-/m0/s1. The van der Waals surface area contributed by atoms with Gasteiger partial charge in [0.1, 0.15) is 12.7 Å². The summed E-state index contributed by atoms with van der Waals surface area (Å²) in [5.74, 6) is -2.28. The van der Waals surface area contributed by atoms with E-state index in [1.54, 1.807) is 4.90 Å². The smallest absolute Gasteiger partial charge is 0.190 e. The highest BCUT2D eigenvalue weighted by atomic mass is 79.9. The van der Waals surface area contributed by atoms with Crippen molar-refractivity contribution in [3.8, 4) is 5.75 Å². The molecule has 1 aromatic carbocycles. The lowest BCUT2D eigenvalue weighted by Crippen LogP contribution is -2.39. The van der Waals surface area contributed by atoms with Crippen LogP contribution in [-0.4, -0.2) is 65.8 Å². The monoisotopic (exact) mass is 369 g/mol. The fourth-order valence-electron chi connectivity index (χ4n) is 1.77. The molecule has 5 nitrogen and oxygen atoms in total. The number of rotatable bonds is 9. The SMILES string of the molecule is OCCN(CCO)C[C@H](O)COc1c(F)cc(Br)cc1F. The summed E-state index contributed by atoms with van der Waals surface area (Å²) in [7, 11) is 0. The number of halogens is 3. The Morgan fingerprint density at radius 2 is 1.67 bits per heavy atom. The molecule has 3 N–H and O–H groups in total. The predicted molar refractivity (Wildman–Crippen MR) is 76.2 cm³/mol. The molecule has 0 bridgehead atoms. The maximum atomic E-state index is 13.5. The van der Waals surface area contributed by atoms with Gasteiger partial charge in [-0.05, 0) is 12.1 Å². The molecule has 0 spiro atoms. The van der Waals surface area contributed by atoms with Crippen LogP contribution in [0.15, 0.2) is 16.6 Å². The quantitative estimate of drug-likeness (QED) is 0.599. The summed E-state index contributed by atoms with van der Waals surface area (Å²) < 4.78 is 32.2. The largest absolute Gasteiger partial charge is 0.485 e. The molecule has 0 aliphatic carbocycles. The molecule has 120 valence electrons. The number of ether oxygens (including phenoxy) is 1. The van der Waals surface area contributed by atoms with Crippen LogP contribution in [0.4, 0.5) is 8.78 Å². The van der Waals surface area contributed by atoms with Crippen LogP contribution in [0.5, 0.6) is 5.75 Å². The molecule has 0 saturated carbocycles. The van der Waals surface area contributed by atoms with Crippen molar-refractivity contribution in [2.24, 2.45) is 0 Å². The second-order valence-electron chi connectivity index (χ2n) is 4.41. The Balaban J connectivity index is 2.54. The fraction of sp³-hybridized carbons (Fsp3) is 0.538. The van der Waals surface area contributed by atoms with Crippen LogP contribution in [0.2, 0.25) is 0 Å². The van der Waals surface area contributed by atoms with Crippen molar-refractivity contribution in [3.63, 3.8) is 0 Å². The molecule has 1 aromatic rings. The molecule has 0 amide bonds. The summed E-state index contributed by atoms with van der Waals surface area (Å²) in [5, 5.41) is 27.5. The Bertz CT molecular complexity index is 421. The van der Waals surface area contributed by atoms with Gasteiger partial charge in [-0.15, -0.1) is 0 Å². The first kappa shape index (κ1) is 18.2.